The maximum atomic E-state index is 14.7. The van der Waals surface area contributed by atoms with Crippen LogP contribution in [-0.2, 0) is 32.6 Å². The van der Waals surface area contributed by atoms with Crippen LogP contribution in [0.4, 0.5) is 11.4 Å². The Morgan fingerprint density at radius 1 is 0.939 bits per heavy atom. The summed E-state index contributed by atoms with van der Waals surface area (Å²) in [4.78, 5) is 40.6. The van der Waals surface area contributed by atoms with E-state index in [1.54, 1.807) is 0 Å². The molecule has 0 bridgehead atoms. The van der Waals surface area contributed by atoms with Gasteiger partial charge >= 0.3 is 0 Å². The van der Waals surface area contributed by atoms with Crippen molar-refractivity contribution in [2.75, 3.05) is 18.0 Å². The minimum atomic E-state index is -4.67. The Morgan fingerprint density at radius 2 is 1.63 bits per heavy atom. The van der Waals surface area contributed by atoms with Gasteiger partial charge in [0.15, 0.2) is 0 Å². The van der Waals surface area contributed by atoms with Gasteiger partial charge in [0, 0.05) is 35.7 Å². The second kappa shape index (κ2) is 16.0. The number of nitro benzene ring substituents is 1. The van der Waals surface area contributed by atoms with Crippen molar-refractivity contribution in [1.29, 1.82) is 0 Å². The van der Waals surface area contributed by atoms with E-state index in [-0.39, 0.29) is 41.0 Å². The standard InChI is InChI=1S/C36H39ClN4O7S/c1-24(2)38-36(43)33(19-27-11-7-6-8-12-27)39(22-28-13-9-10-25(3)18-28)35(42)23-40(32-20-29(37)15-17-34(32)48-5)49(46,47)30-16-14-26(4)31(21-30)41(44)45/h6-18,20-21,24,33H,19,22-23H2,1-5H3,(H,38,43). The van der Waals surface area contributed by atoms with Crippen molar-refractivity contribution in [1.82, 2.24) is 10.2 Å². The fourth-order valence-corrected chi connectivity index (χ4v) is 6.99. The Labute approximate surface area is 291 Å². The summed E-state index contributed by atoms with van der Waals surface area (Å²) < 4.78 is 35.2. The van der Waals surface area contributed by atoms with Crippen LogP contribution >= 0.6 is 11.6 Å². The number of methoxy groups -OCH3 is 1. The van der Waals surface area contributed by atoms with Gasteiger partial charge in [-0.3, -0.25) is 24.0 Å². The molecule has 0 radical (unpaired) electrons. The minimum Gasteiger partial charge on any atom is -0.495 e. The molecule has 0 heterocycles. The fourth-order valence-electron chi connectivity index (χ4n) is 5.39. The molecule has 0 saturated carbocycles. The van der Waals surface area contributed by atoms with E-state index >= 15 is 0 Å². The highest BCUT2D eigenvalue weighted by Crippen LogP contribution is 2.36. The highest BCUT2D eigenvalue weighted by atomic mass is 35.5. The second-order valence-corrected chi connectivity index (χ2v) is 14.2. The van der Waals surface area contributed by atoms with Gasteiger partial charge in [0.25, 0.3) is 15.7 Å². The normalized spacial score (nSPS) is 11.9. The number of halogens is 1. The number of anilines is 1. The van der Waals surface area contributed by atoms with E-state index < -0.39 is 49.9 Å². The predicted molar refractivity (Wildman–Crippen MR) is 189 cm³/mol. The predicted octanol–water partition coefficient (Wildman–Crippen LogP) is 6.23. The molecule has 0 aliphatic rings. The Bertz CT molecular complexity index is 1940. The molecule has 0 aliphatic heterocycles. The summed E-state index contributed by atoms with van der Waals surface area (Å²) in [7, 11) is -3.33. The first kappa shape index (κ1) is 36.9. The third-order valence-electron chi connectivity index (χ3n) is 7.79. The van der Waals surface area contributed by atoms with Crippen LogP contribution in [0.15, 0.2) is 95.9 Å². The number of benzene rings is 4. The molecule has 49 heavy (non-hydrogen) atoms. The number of carbonyl (C=O) groups is 2. The Balaban J connectivity index is 1.90. The molecular formula is C36H39ClN4O7S. The molecule has 4 aromatic carbocycles. The Kier molecular flexibility index (Phi) is 12.0. The van der Waals surface area contributed by atoms with Crippen molar-refractivity contribution in [3.05, 3.63) is 128 Å². The molecule has 11 nitrogen and oxygen atoms in total. The molecule has 1 N–H and O–H groups in total. The van der Waals surface area contributed by atoms with E-state index in [1.165, 1.54) is 49.3 Å². The van der Waals surface area contributed by atoms with Crippen LogP contribution in [0.25, 0.3) is 0 Å². The number of amides is 2. The van der Waals surface area contributed by atoms with Crippen LogP contribution in [0.5, 0.6) is 5.75 Å². The summed E-state index contributed by atoms with van der Waals surface area (Å²) in [6.07, 6.45) is 0.147. The molecule has 1 unspecified atom stereocenters. The number of nitro groups is 1. The summed E-state index contributed by atoms with van der Waals surface area (Å²) in [5.74, 6) is -1.02. The van der Waals surface area contributed by atoms with Crippen molar-refractivity contribution in [3.8, 4) is 5.75 Å². The number of rotatable bonds is 14. The van der Waals surface area contributed by atoms with Crippen LogP contribution in [0.1, 0.15) is 36.1 Å². The Hall–Kier alpha value is -4.94. The molecule has 4 rings (SSSR count). The van der Waals surface area contributed by atoms with Crippen LogP contribution in [0.2, 0.25) is 5.02 Å². The van der Waals surface area contributed by atoms with Crippen molar-refractivity contribution >= 4 is 44.8 Å². The molecule has 1 atom stereocenters. The van der Waals surface area contributed by atoms with Gasteiger partial charge in [-0.15, -0.1) is 0 Å². The number of nitrogens with zero attached hydrogens (tertiary/aromatic N) is 3. The number of hydrogen-bond donors (Lipinski definition) is 1. The number of nitrogens with one attached hydrogen (secondary N) is 1. The highest BCUT2D eigenvalue weighted by Gasteiger charge is 2.36. The number of ether oxygens (including phenoxy) is 1. The van der Waals surface area contributed by atoms with Crippen molar-refractivity contribution in [3.63, 3.8) is 0 Å². The third kappa shape index (κ3) is 9.15. The largest absolute Gasteiger partial charge is 0.495 e. The summed E-state index contributed by atoms with van der Waals surface area (Å²) in [5, 5.41) is 14.9. The van der Waals surface area contributed by atoms with Gasteiger partial charge in [-0.25, -0.2) is 8.42 Å². The minimum absolute atomic E-state index is 0.0138. The average Bonchev–Trinajstić information content (AvgIpc) is 3.05. The molecule has 4 aromatic rings. The number of sulfonamides is 1. The van der Waals surface area contributed by atoms with Crippen molar-refractivity contribution in [2.45, 2.75) is 57.6 Å². The average molecular weight is 707 g/mol. The van der Waals surface area contributed by atoms with Crippen LogP contribution in [-0.4, -0.2) is 55.8 Å². The van der Waals surface area contributed by atoms with Gasteiger partial charge in [0.1, 0.15) is 18.3 Å². The monoisotopic (exact) mass is 706 g/mol. The first-order valence-corrected chi connectivity index (χ1v) is 17.3. The lowest BCUT2D eigenvalue weighted by Crippen LogP contribution is -2.54. The molecule has 2 amide bonds. The highest BCUT2D eigenvalue weighted by molar-refractivity contribution is 7.92. The second-order valence-electron chi connectivity index (χ2n) is 11.9. The molecule has 0 spiro atoms. The van der Waals surface area contributed by atoms with E-state index in [9.17, 15) is 28.1 Å². The van der Waals surface area contributed by atoms with E-state index in [1.807, 2.05) is 75.4 Å². The summed E-state index contributed by atoms with van der Waals surface area (Å²) in [5.41, 5.74) is 2.25. The first-order chi connectivity index (χ1) is 23.2. The van der Waals surface area contributed by atoms with E-state index in [2.05, 4.69) is 5.32 Å². The zero-order chi connectivity index (χ0) is 35.9. The smallest absolute Gasteiger partial charge is 0.273 e. The van der Waals surface area contributed by atoms with Crippen LogP contribution < -0.4 is 14.4 Å². The molecule has 0 fully saturated rings. The van der Waals surface area contributed by atoms with Crippen LogP contribution in [0, 0.1) is 24.0 Å². The molecule has 0 saturated heterocycles. The van der Waals surface area contributed by atoms with E-state index in [0.29, 0.717) is 0 Å². The quantitative estimate of drug-likeness (QED) is 0.121. The van der Waals surface area contributed by atoms with Gasteiger partial charge in [-0.05, 0) is 63.1 Å². The van der Waals surface area contributed by atoms with Gasteiger partial charge in [-0.2, -0.15) is 0 Å². The van der Waals surface area contributed by atoms with E-state index in [4.69, 9.17) is 16.3 Å². The summed E-state index contributed by atoms with van der Waals surface area (Å²) >= 11 is 6.34. The summed E-state index contributed by atoms with van der Waals surface area (Å²) in [6.45, 7) is 6.22. The SMILES string of the molecule is COc1ccc(Cl)cc1N(CC(=O)N(Cc1cccc(C)c1)C(Cc1ccccc1)C(=O)NC(C)C)S(=O)(=O)c1ccc(C)c([N+](=O)[O-])c1. The molecular weight excluding hydrogens is 668 g/mol. The molecule has 0 aromatic heterocycles. The lowest BCUT2D eigenvalue weighted by Gasteiger charge is -2.34. The molecule has 13 heteroatoms. The fraction of sp³-hybridized carbons (Fsp3) is 0.278. The van der Waals surface area contributed by atoms with Crippen LogP contribution in [0.3, 0.4) is 0 Å². The van der Waals surface area contributed by atoms with Gasteiger partial charge in [0.05, 0.1) is 22.6 Å². The summed E-state index contributed by atoms with van der Waals surface area (Å²) in [6, 6.07) is 23.2. The number of hydrogen-bond acceptors (Lipinski definition) is 7. The maximum Gasteiger partial charge on any atom is 0.273 e. The Morgan fingerprint density at radius 3 is 2.27 bits per heavy atom. The zero-order valence-corrected chi connectivity index (χ0v) is 29.5. The zero-order valence-electron chi connectivity index (χ0n) is 27.9. The topological polar surface area (TPSA) is 139 Å². The number of carbonyl (C=O) groups excluding carboxylic acids is 2. The van der Waals surface area contributed by atoms with Crippen molar-refractivity contribution in [2.24, 2.45) is 0 Å². The maximum absolute atomic E-state index is 14.7. The number of aryl methyl sites for hydroxylation is 2. The van der Waals surface area contributed by atoms with Gasteiger partial charge in [0.2, 0.25) is 11.8 Å². The lowest BCUT2D eigenvalue weighted by atomic mass is 10.0. The van der Waals surface area contributed by atoms with E-state index in [0.717, 1.165) is 27.1 Å². The molecule has 0 aliphatic carbocycles. The first-order valence-electron chi connectivity index (χ1n) is 15.5. The lowest BCUT2D eigenvalue weighted by molar-refractivity contribution is -0.385. The van der Waals surface area contributed by atoms with Gasteiger partial charge in [-0.1, -0.05) is 77.8 Å². The van der Waals surface area contributed by atoms with Crippen molar-refractivity contribution < 1.29 is 27.7 Å². The van der Waals surface area contributed by atoms with Gasteiger partial charge < -0.3 is 15.0 Å². The third-order valence-corrected chi connectivity index (χ3v) is 9.78. The molecule has 258 valence electrons.